The molecule has 0 fully saturated rings. The van der Waals surface area contributed by atoms with Crippen LogP contribution in [0.15, 0.2) is 0 Å². The van der Waals surface area contributed by atoms with E-state index in [1.807, 2.05) is 6.92 Å². The fourth-order valence-electron chi connectivity index (χ4n) is 1.35. The SMILES string of the molecule is CCC(COC)NC(=O)N(CCOC)CC(=O)O. The minimum atomic E-state index is -1.05. The Morgan fingerprint density at radius 1 is 1.33 bits per heavy atom. The second-order valence-electron chi connectivity index (χ2n) is 3.82. The van der Waals surface area contributed by atoms with E-state index in [-0.39, 0.29) is 19.1 Å². The van der Waals surface area contributed by atoms with Crippen LogP contribution in [0.1, 0.15) is 13.3 Å². The van der Waals surface area contributed by atoms with Crippen LogP contribution in [-0.4, -0.2) is 68.6 Å². The van der Waals surface area contributed by atoms with E-state index >= 15 is 0 Å². The van der Waals surface area contributed by atoms with Gasteiger partial charge in [0.05, 0.1) is 19.3 Å². The molecule has 0 aromatic carbocycles. The molecule has 0 aliphatic rings. The summed E-state index contributed by atoms with van der Waals surface area (Å²) in [5, 5.41) is 11.5. The van der Waals surface area contributed by atoms with Crippen molar-refractivity contribution in [2.24, 2.45) is 0 Å². The summed E-state index contributed by atoms with van der Waals surface area (Å²) in [6.07, 6.45) is 0.713. The molecule has 106 valence electrons. The first-order valence-corrected chi connectivity index (χ1v) is 5.80. The summed E-state index contributed by atoms with van der Waals surface area (Å²) in [6.45, 7) is 2.49. The van der Waals surface area contributed by atoms with Crippen molar-refractivity contribution in [2.45, 2.75) is 19.4 Å². The van der Waals surface area contributed by atoms with Gasteiger partial charge in [0.1, 0.15) is 6.54 Å². The van der Waals surface area contributed by atoms with Gasteiger partial charge in [-0.3, -0.25) is 4.79 Å². The molecule has 0 heterocycles. The van der Waals surface area contributed by atoms with Gasteiger partial charge >= 0.3 is 12.0 Å². The normalized spacial score (nSPS) is 11.9. The van der Waals surface area contributed by atoms with Crippen molar-refractivity contribution in [2.75, 3.05) is 40.5 Å². The van der Waals surface area contributed by atoms with Crippen LogP contribution in [0.5, 0.6) is 0 Å². The lowest BCUT2D eigenvalue weighted by molar-refractivity contribution is -0.137. The van der Waals surface area contributed by atoms with E-state index < -0.39 is 12.0 Å². The van der Waals surface area contributed by atoms with E-state index in [2.05, 4.69) is 5.32 Å². The van der Waals surface area contributed by atoms with Gasteiger partial charge in [-0.2, -0.15) is 0 Å². The van der Waals surface area contributed by atoms with Crippen LogP contribution in [0.3, 0.4) is 0 Å². The third kappa shape index (κ3) is 7.08. The Hall–Kier alpha value is -1.34. The molecule has 1 atom stereocenters. The fraction of sp³-hybridized carbons (Fsp3) is 0.818. The highest BCUT2D eigenvalue weighted by atomic mass is 16.5. The van der Waals surface area contributed by atoms with Crippen LogP contribution >= 0.6 is 0 Å². The van der Waals surface area contributed by atoms with Crippen molar-refractivity contribution in [1.29, 1.82) is 0 Å². The van der Waals surface area contributed by atoms with Gasteiger partial charge in [0.15, 0.2) is 0 Å². The number of hydrogen-bond acceptors (Lipinski definition) is 4. The highest BCUT2D eigenvalue weighted by molar-refractivity contribution is 5.80. The monoisotopic (exact) mass is 262 g/mol. The van der Waals surface area contributed by atoms with Gasteiger partial charge in [-0.1, -0.05) is 6.92 Å². The summed E-state index contributed by atoms with van der Waals surface area (Å²) >= 11 is 0. The summed E-state index contributed by atoms with van der Waals surface area (Å²) in [5.74, 6) is -1.05. The number of hydrogen-bond donors (Lipinski definition) is 2. The van der Waals surface area contributed by atoms with E-state index in [1.165, 1.54) is 12.0 Å². The van der Waals surface area contributed by atoms with Gasteiger partial charge in [0, 0.05) is 20.8 Å². The number of amides is 2. The first-order valence-electron chi connectivity index (χ1n) is 5.80. The standard InChI is InChI=1S/C11H22N2O5/c1-4-9(8-18-3)12-11(16)13(5-6-17-2)7-10(14)15/h9H,4-8H2,1-3H3,(H,12,16)(H,14,15). The number of ether oxygens (including phenoxy) is 2. The lowest BCUT2D eigenvalue weighted by Gasteiger charge is -2.24. The van der Waals surface area contributed by atoms with Crippen molar-refractivity contribution in [3.05, 3.63) is 0 Å². The molecule has 2 amide bonds. The second kappa shape index (κ2) is 9.67. The summed E-state index contributed by atoms with van der Waals surface area (Å²) in [6, 6.07) is -0.542. The quantitative estimate of drug-likeness (QED) is 0.617. The lowest BCUT2D eigenvalue weighted by atomic mass is 10.2. The molecule has 7 nitrogen and oxygen atoms in total. The van der Waals surface area contributed by atoms with Crippen molar-refractivity contribution in [3.63, 3.8) is 0 Å². The smallest absolute Gasteiger partial charge is 0.323 e. The van der Waals surface area contributed by atoms with E-state index in [0.29, 0.717) is 19.6 Å². The van der Waals surface area contributed by atoms with Gasteiger partial charge in [-0.05, 0) is 6.42 Å². The molecule has 0 saturated carbocycles. The third-order valence-electron chi connectivity index (χ3n) is 2.37. The zero-order chi connectivity index (χ0) is 14.0. The molecule has 0 rings (SSSR count). The number of carboxylic acids is 1. The van der Waals surface area contributed by atoms with Crippen LogP contribution in [0.4, 0.5) is 4.79 Å². The number of carboxylic acid groups (broad SMARTS) is 1. The molecular weight excluding hydrogens is 240 g/mol. The molecule has 18 heavy (non-hydrogen) atoms. The zero-order valence-corrected chi connectivity index (χ0v) is 11.1. The number of nitrogens with zero attached hydrogens (tertiary/aromatic N) is 1. The number of carbonyl (C=O) groups excluding carboxylic acids is 1. The zero-order valence-electron chi connectivity index (χ0n) is 11.1. The Morgan fingerprint density at radius 3 is 2.44 bits per heavy atom. The summed E-state index contributed by atoms with van der Waals surface area (Å²) in [4.78, 5) is 23.7. The fourth-order valence-corrected chi connectivity index (χ4v) is 1.35. The Morgan fingerprint density at radius 2 is 2.00 bits per heavy atom. The van der Waals surface area contributed by atoms with Crippen LogP contribution in [0.25, 0.3) is 0 Å². The molecule has 7 heteroatoms. The molecular formula is C11H22N2O5. The van der Waals surface area contributed by atoms with Crippen LogP contribution in [-0.2, 0) is 14.3 Å². The first kappa shape index (κ1) is 16.7. The second-order valence-corrected chi connectivity index (χ2v) is 3.82. The van der Waals surface area contributed by atoms with E-state index in [9.17, 15) is 9.59 Å². The predicted molar refractivity (Wildman–Crippen MR) is 65.6 cm³/mol. The Labute approximate surface area is 107 Å². The van der Waals surface area contributed by atoms with Crippen LogP contribution in [0.2, 0.25) is 0 Å². The van der Waals surface area contributed by atoms with Gasteiger partial charge in [0.25, 0.3) is 0 Å². The summed E-state index contributed by atoms with van der Waals surface area (Å²) in [7, 11) is 3.05. The van der Waals surface area contributed by atoms with Crippen molar-refractivity contribution in [1.82, 2.24) is 10.2 Å². The molecule has 0 aliphatic carbocycles. The largest absolute Gasteiger partial charge is 0.480 e. The topological polar surface area (TPSA) is 88.1 Å². The van der Waals surface area contributed by atoms with Crippen molar-refractivity contribution >= 4 is 12.0 Å². The lowest BCUT2D eigenvalue weighted by Crippen LogP contribution is -2.48. The molecule has 0 saturated heterocycles. The molecule has 0 aromatic heterocycles. The molecule has 0 spiro atoms. The summed E-state index contributed by atoms with van der Waals surface area (Å²) in [5.41, 5.74) is 0. The van der Waals surface area contributed by atoms with E-state index in [0.717, 1.165) is 0 Å². The third-order valence-corrected chi connectivity index (χ3v) is 2.37. The predicted octanol–water partition coefficient (Wildman–Crippen LogP) is 0.154. The molecule has 2 N–H and O–H groups in total. The average Bonchev–Trinajstić information content (AvgIpc) is 2.33. The van der Waals surface area contributed by atoms with Gasteiger partial charge in [0.2, 0.25) is 0 Å². The van der Waals surface area contributed by atoms with E-state index in [4.69, 9.17) is 14.6 Å². The number of aliphatic carboxylic acids is 1. The van der Waals surface area contributed by atoms with E-state index in [1.54, 1.807) is 7.11 Å². The molecule has 0 radical (unpaired) electrons. The highest BCUT2D eigenvalue weighted by Gasteiger charge is 2.19. The molecule has 0 aromatic rings. The minimum Gasteiger partial charge on any atom is -0.480 e. The maximum Gasteiger partial charge on any atom is 0.323 e. The maximum absolute atomic E-state index is 11.9. The molecule has 1 unspecified atom stereocenters. The number of rotatable bonds is 9. The number of methoxy groups -OCH3 is 2. The first-order chi connectivity index (χ1) is 8.54. The average molecular weight is 262 g/mol. The molecule has 0 aliphatic heterocycles. The number of nitrogens with one attached hydrogen (secondary N) is 1. The van der Waals surface area contributed by atoms with Crippen molar-refractivity contribution in [3.8, 4) is 0 Å². The maximum atomic E-state index is 11.9. The highest BCUT2D eigenvalue weighted by Crippen LogP contribution is 1.96. The van der Waals surface area contributed by atoms with Gasteiger partial charge < -0.3 is 24.8 Å². The Kier molecular flexibility index (Phi) is 8.95. The van der Waals surface area contributed by atoms with Gasteiger partial charge in [-0.25, -0.2) is 4.79 Å². The minimum absolute atomic E-state index is 0.124. The van der Waals surface area contributed by atoms with Crippen molar-refractivity contribution < 1.29 is 24.2 Å². The molecule has 0 bridgehead atoms. The summed E-state index contributed by atoms with van der Waals surface area (Å²) < 4.78 is 9.81. The Balaban J connectivity index is 4.37. The Bertz CT molecular complexity index is 260. The van der Waals surface area contributed by atoms with Crippen LogP contribution in [0, 0.1) is 0 Å². The van der Waals surface area contributed by atoms with Crippen LogP contribution < -0.4 is 5.32 Å². The van der Waals surface area contributed by atoms with Gasteiger partial charge in [-0.15, -0.1) is 0 Å². The number of carbonyl (C=O) groups is 2. The number of urea groups is 1.